The minimum atomic E-state index is -4.76. The van der Waals surface area contributed by atoms with E-state index in [-0.39, 0.29) is 36.7 Å². The Morgan fingerprint density at radius 1 is 0.930 bits per heavy atom. The molecule has 0 aromatic heterocycles. The van der Waals surface area contributed by atoms with Crippen LogP contribution < -0.4 is 0 Å². The number of alkyl halides is 3. The van der Waals surface area contributed by atoms with Crippen LogP contribution >= 0.6 is 0 Å². The van der Waals surface area contributed by atoms with Gasteiger partial charge >= 0.3 is 18.1 Å². The lowest BCUT2D eigenvalue weighted by Gasteiger charge is -2.42. The summed E-state index contributed by atoms with van der Waals surface area (Å²) in [5.41, 5.74) is -3.74. The summed E-state index contributed by atoms with van der Waals surface area (Å²) in [6, 6.07) is 15.2. The van der Waals surface area contributed by atoms with E-state index in [2.05, 4.69) is 0 Å². The monoisotopic (exact) mass is 617 g/mol. The molecule has 2 aliphatic rings. The summed E-state index contributed by atoms with van der Waals surface area (Å²) in [6.45, 7) is 4.30. The SMILES string of the molecule is CCOC(=O)C1(C(=O)OCC)N(S(=O)(=O)c2ccc(C)cc2)[C@H](c2ccc(C(F)(F)F)cc2)C[C@@]12OCc1ccccc12. The normalized spacial score (nSPS) is 21.5. The smallest absolute Gasteiger partial charge is 0.416 e. The lowest BCUT2D eigenvalue weighted by Crippen LogP contribution is -2.68. The Balaban J connectivity index is 1.88. The third kappa shape index (κ3) is 4.72. The number of carbonyl (C=O) groups excluding carboxylic acids is 2. The van der Waals surface area contributed by atoms with E-state index in [0.29, 0.717) is 11.1 Å². The molecule has 1 spiro atoms. The van der Waals surface area contributed by atoms with Crippen LogP contribution in [0, 0.1) is 6.92 Å². The van der Waals surface area contributed by atoms with E-state index in [1.54, 1.807) is 43.3 Å². The van der Waals surface area contributed by atoms with Crippen molar-refractivity contribution in [2.45, 2.75) is 62.1 Å². The fraction of sp³-hybridized carbons (Fsp3) is 0.355. The number of halogens is 3. The van der Waals surface area contributed by atoms with Gasteiger partial charge in [-0.15, -0.1) is 0 Å². The van der Waals surface area contributed by atoms with Crippen molar-refractivity contribution in [3.8, 4) is 0 Å². The summed E-state index contributed by atoms with van der Waals surface area (Å²) in [5, 5.41) is 0. The van der Waals surface area contributed by atoms with Crippen LogP contribution in [-0.4, -0.2) is 43.4 Å². The molecule has 0 unspecified atom stereocenters. The number of carbonyl (C=O) groups is 2. The second kappa shape index (κ2) is 11.1. The van der Waals surface area contributed by atoms with Gasteiger partial charge in [0.15, 0.2) is 0 Å². The number of esters is 2. The molecule has 5 rings (SSSR count). The van der Waals surface area contributed by atoms with E-state index in [1.807, 2.05) is 0 Å². The average molecular weight is 618 g/mol. The molecule has 0 N–H and O–H groups in total. The first-order valence-corrected chi connectivity index (χ1v) is 15.1. The van der Waals surface area contributed by atoms with E-state index in [1.165, 1.54) is 26.0 Å². The van der Waals surface area contributed by atoms with Crippen LogP contribution in [0.5, 0.6) is 0 Å². The van der Waals surface area contributed by atoms with Gasteiger partial charge in [-0.05, 0) is 61.7 Å². The van der Waals surface area contributed by atoms with Gasteiger partial charge in [0.2, 0.25) is 10.0 Å². The molecular formula is C31H30F3NO7S. The number of hydrogen-bond donors (Lipinski definition) is 0. The first-order valence-electron chi connectivity index (χ1n) is 13.7. The standard InChI is InChI=1S/C31H30F3NO7S/c1-4-40-27(36)30(28(37)41-5-2)29(25-9-7-6-8-22(25)19-42-29)18-26(21-12-14-23(15-13-21)31(32,33)34)35(30)43(38,39)24-16-10-20(3)11-17-24/h6-17,26H,4-5,18-19H2,1-3H3/t26-,29-/m0/s1. The van der Waals surface area contributed by atoms with Crippen LogP contribution in [0.4, 0.5) is 13.2 Å². The molecule has 1 fully saturated rings. The van der Waals surface area contributed by atoms with Gasteiger partial charge in [-0.2, -0.15) is 17.5 Å². The summed E-state index contributed by atoms with van der Waals surface area (Å²) in [5.74, 6) is -2.43. The highest BCUT2D eigenvalue weighted by Gasteiger charge is 2.79. The van der Waals surface area contributed by atoms with Gasteiger partial charge in [-0.3, -0.25) is 0 Å². The van der Waals surface area contributed by atoms with Crippen molar-refractivity contribution in [1.29, 1.82) is 0 Å². The zero-order chi connectivity index (χ0) is 31.2. The van der Waals surface area contributed by atoms with Gasteiger partial charge in [0.05, 0.1) is 36.3 Å². The summed E-state index contributed by atoms with van der Waals surface area (Å²) >= 11 is 0. The van der Waals surface area contributed by atoms with Crippen molar-refractivity contribution in [3.63, 3.8) is 0 Å². The summed E-state index contributed by atoms with van der Waals surface area (Å²) in [7, 11) is -4.76. The molecule has 228 valence electrons. The van der Waals surface area contributed by atoms with Crippen LogP contribution in [0.1, 0.15) is 54.1 Å². The first kappa shape index (κ1) is 30.7. The minimum absolute atomic E-state index is 0.0606. The van der Waals surface area contributed by atoms with Crippen LogP contribution in [0.3, 0.4) is 0 Å². The molecule has 3 aromatic rings. The van der Waals surface area contributed by atoms with Crippen LogP contribution in [0.25, 0.3) is 0 Å². The van der Waals surface area contributed by atoms with E-state index in [0.717, 1.165) is 34.1 Å². The highest BCUT2D eigenvalue weighted by atomic mass is 32.2. The van der Waals surface area contributed by atoms with Gasteiger partial charge in [0.25, 0.3) is 5.54 Å². The largest absolute Gasteiger partial charge is 0.464 e. The molecule has 2 aliphatic heterocycles. The molecule has 0 amide bonds. The highest BCUT2D eigenvalue weighted by Crippen LogP contribution is 2.62. The molecule has 2 heterocycles. The molecular weight excluding hydrogens is 587 g/mol. The van der Waals surface area contributed by atoms with Gasteiger partial charge in [0, 0.05) is 6.42 Å². The second-order valence-electron chi connectivity index (χ2n) is 10.4. The predicted octanol–water partition coefficient (Wildman–Crippen LogP) is 5.44. The van der Waals surface area contributed by atoms with E-state index in [4.69, 9.17) is 14.2 Å². The summed E-state index contributed by atoms with van der Waals surface area (Å²) in [6.07, 6.45) is -4.94. The number of aryl methyl sites for hydroxylation is 1. The van der Waals surface area contributed by atoms with E-state index in [9.17, 15) is 31.2 Å². The molecule has 1 saturated heterocycles. The topological polar surface area (TPSA) is 99.2 Å². The third-order valence-corrected chi connectivity index (χ3v) is 9.86. The Bertz CT molecular complexity index is 1620. The Morgan fingerprint density at radius 3 is 2.07 bits per heavy atom. The van der Waals surface area contributed by atoms with Crippen molar-refractivity contribution < 1.29 is 45.4 Å². The van der Waals surface area contributed by atoms with Crippen molar-refractivity contribution in [2.75, 3.05) is 13.2 Å². The molecule has 12 heteroatoms. The fourth-order valence-electron chi connectivity index (χ4n) is 6.08. The number of fused-ring (bicyclic) bond motifs is 2. The minimum Gasteiger partial charge on any atom is -0.464 e. The van der Waals surface area contributed by atoms with Gasteiger partial charge in [-0.1, -0.05) is 54.1 Å². The quantitative estimate of drug-likeness (QED) is 0.257. The molecule has 0 radical (unpaired) electrons. The van der Waals surface area contributed by atoms with E-state index >= 15 is 0 Å². The molecule has 2 atom stereocenters. The lowest BCUT2D eigenvalue weighted by atomic mass is 9.74. The Kier molecular flexibility index (Phi) is 7.91. The molecule has 0 saturated carbocycles. The highest BCUT2D eigenvalue weighted by molar-refractivity contribution is 7.89. The Morgan fingerprint density at radius 2 is 1.51 bits per heavy atom. The maximum absolute atomic E-state index is 14.7. The maximum Gasteiger partial charge on any atom is 0.416 e. The number of ether oxygens (including phenoxy) is 3. The van der Waals surface area contributed by atoms with E-state index < -0.39 is 50.9 Å². The molecule has 0 aliphatic carbocycles. The zero-order valence-corrected chi connectivity index (χ0v) is 24.5. The number of nitrogens with zero attached hydrogens (tertiary/aromatic N) is 1. The average Bonchev–Trinajstić information content (AvgIpc) is 3.50. The van der Waals surface area contributed by atoms with Crippen molar-refractivity contribution in [1.82, 2.24) is 4.31 Å². The van der Waals surface area contributed by atoms with Crippen LogP contribution in [0.2, 0.25) is 0 Å². The second-order valence-corrected chi connectivity index (χ2v) is 12.2. The number of hydrogen-bond acceptors (Lipinski definition) is 7. The molecule has 3 aromatic carbocycles. The molecule has 8 nitrogen and oxygen atoms in total. The molecule has 0 bridgehead atoms. The molecule has 43 heavy (non-hydrogen) atoms. The number of rotatable bonds is 7. The zero-order valence-electron chi connectivity index (χ0n) is 23.7. The van der Waals surface area contributed by atoms with Crippen molar-refractivity contribution in [3.05, 3.63) is 101 Å². The lowest BCUT2D eigenvalue weighted by molar-refractivity contribution is -0.190. The van der Waals surface area contributed by atoms with Crippen LogP contribution in [-0.2, 0) is 52.2 Å². The van der Waals surface area contributed by atoms with Gasteiger partial charge in [0.1, 0.15) is 5.60 Å². The summed E-state index contributed by atoms with van der Waals surface area (Å²) < 4.78 is 87.9. The third-order valence-electron chi connectivity index (χ3n) is 7.95. The van der Waals surface area contributed by atoms with Crippen molar-refractivity contribution in [2.24, 2.45) is 0 Å². The van der Waals surface area contributed by atoms with Crippen LogP contribution in [0.15, 0.2) is 77.7 Å². The maximum atomic E-state index is 14.7. The van der Waals surface area contributed by atoms with Crippen molar-refractivity contribution >= 4 is 22.0 Å². The summed E-state index contributed by atoms with van der Waals surface area (Å²) in [4.78, 5) is 28.4. The first-order chi connectivity index (χ1) is 20.3. The number of benzene rings is 3. The predicted molar refractivity (Wildman–Crippen MR) is 148 cm³/mol. The van der Waals surface area contributed by atoms with Gasteiger partial charge in [-0.25, -0.2) is 18.0 Å². The van der Waals surface area contributed by atoms with Gasteiger partial charge < -0.3 is 14.2 Å². The fourth-order valence-corrected chi connectivity index (χ4v) is 7.98. The Hall–Kier alpha value is -3.74. The Labute approximate surface area is 247 Å². The number of sulfonamides is 1.